The van der Waals surface area contributed by atoms with Crippen LogP contribution in [0.2, 0.25) is 0 Å². The van der Waals surface area contributed by atoms with E-state index in [9.17, 15) is 4.79 Å². The van der Waals surface area contributed by atoms with Crippen LogP contribution < -0.4 is 0 Å². The van der Waals surface area contributed by atoms with Crippen molar-refractivity contribution >= 4 is 5.97 Å². The van der Waals surface area contributed by atoms with Crippen LogP contribution in [0, 0.1) is 5.92 Å². The van der Waals surface area contributed by atoms with Crippen LogP contribution in [0.25, 0.3) is 0 Å². The third-order valence-electron chi connectivity index (χ3n) is 2.61. The number of benzene rings is 1. The predicted molar refractivity (Wildman–Crippen MR) is 74.3 cm³/mol. The summed E-state index contributed by atoms with van der Waals surface area (Å²) in [5.74, 6) is 0.354. The molecule has 0 atom stereocenters. The molecule has 98 valence electrons. The quantitative estimate of drug-likeness (QED) is 0.564. The molecule has 0 aromatic heterocycles. The van der Waals surface area contributed by atoms with Gasteiger partial charge in [-0.1, -0.05) is 50.3 Å². The molecule has 0 aliphatic rings. The average molecular weight is 246 g/mol. The second-order valence-corrected chi connectivity index (χ2v) is 4.74. The van der Waals surface area contributed by atoms with E-state index >= 15 is 0 Å². The lowest BCUT2D eigenvalue weighted by molar-refractivity contribution is -0.138. The smallest absolute Gasteiger partial charge is 0.334 e. The number of allylic oxidation sites excluding steroid dienone is 1. The maximum atomic E-state index is 11.9. The topological polar surface area (TPSA) is 26.3 Å². The number of rotatable bonds is 6. The van der Waals surface area contributed by atoms with Crippen molar-refractivity contribution in [3.8, 4) is 0 Å². The van der Waals surface area contributed by atoms with Crippen LogP contribution in [0.3, 0.4) is 0 Å². The zero-order valence-corrected chi connectivity index (χ0v) is 11.5. The van der Waals surface area contributed by atoms with Crippen molar-refractivity contribution in [1.82, 2.24) is 0 Å². The summed E-state index contributed by atoms with van der Waals surface area (Å²) in [6.07, 6.45) is 3.56. The minimum Gasteiger partial charge on any atom is -0.463 e. The number of carbonyl (C=O) groups excluding carboxylic acids is 1. The molecule has 0 aliphatic heterocycles. The highest BCUT2D eigenvalue weighted by Crippen LogP contribution is 2.13. The van der Waals surface area contributed by atoms with Crippen LogP contribution in [-0.4, -0.2) is 12.6 Å². The Hall–Kier alpha value is -1.57. The van der Waals surface area contributed by atoms with Crippen LogP contribution in [0.4, 0.5) is 0 Å². The van der Waals surface area contributed by atoms with Gasteiger partial charge in [-0.25, -0.2) is 4.79 Å². The van der Waals surface area contributed by atoms with Crippen molar-refractivity contribution in [3.05, 3.63) is 47.5 Å². The lowest BCUT2D eigenvalue weighted by Gasteiger charge is -2.08. The summed E-state index contributed by atoms with van der Waals surface area (Å²) >= 11 is 0. The first-order valence-electron chi connectivity index (χ1n) is 6.53. The fraction of sp³-hybridized carbons (Fsp3) is 0.438. The Balaban J connectivity index is 2.77. The largest absolute Gasteiger partial charge is 0.463 e. The molecule has 1 rings (SSSR count). The van der Waals surface area contributed by atoms with E-state index in [0.29, 0.717) is 18.9 Å². The van der Waals surface area contributed by atoms with Crippen molar-refractivity contribution in [1.29, 1.82) is 0 Å². The zero-order chi connectivity index (χ0) is 13.4. The molecule has 0 N–H and O–H groups in total. The van der Waals surface area contributed by atoms with Gasteiger partial charge in [0.2, 0.25) is 0 Å². The van der Waals surface area contributed by atoms with Gasteiger partial charge in [-0.15, -0.1) is 0 Å². The molecule has 0 amide bonds. The number of carbonyl (C=O) groups is 1. The summed E-state index contributed by atoms with van der Waals surface area (Å²) in [6, 6.07) is 10.0. The van der Waals surface area contributed by atoms with E-state index in [2.05, 4.69) is 13.8 Å². The first-order chi connectivity index (χ1) is 8.63. The molecule has 0 heterocycles. The van der Waals surface area contributed by atoms with E-state index in [1.54, 1.807) is 0 Å². The minimum atomic E-state index is -0.193. The van der Waals surface area contributed by atoms with Crippen LogP contribution in [0.1, 0.15) is 32.8 Å². The number of ether oxygens (including phenoxy) is 1. The van der Waals surface area contributed by atoms with Gasteiger partial charge >= 0.3 is 5.97 Å². The first kappa shape index (κ1) is 14.5. The monoisotopic (exact) mass is 246 g/mol. The molecule has 0 unspecified atom stereocenters. The molecule has 1 aromatic rings. The van der Waals surface area contributed by atoms with Gasteiger partial charge in [0.15, 0.2) is 0 Å². The molecule has 2 heteroatoms. The summed E-state index contributed by atoms with van der Waals surface area (Å²) in [5, 5.41) is 0. The lowest BCUT2D eigenvalue weighted by Crippen LogP contribution is -2.10. The van der Waals surface area contributed by atoms with Gasteiger partial charge in [-0.3, -0.25) is 0 Å². The van der Waals surface area contributed by atoms with Gasteiger partial charge in [0.1, 0.15) is 0 Å². The fourth-order valence-corrected chi connectivity index (χ4v) is 1.65. The van der Waals surface area contributed by atoms with Crippen LogP contribution in [-0.2, 0) is 16.0 Å². The van der Waals surface area contributed by atoms with Crippen molar-refractivity contribution in [2.45, 2.75) is 33.6 Å². The van der Waals surface area contributed by atoms with Crippen LogP contribution in [0.5, 0.6) is 0 Å². The van der Waals surface area contributed by atoms with Gasteiger partial charge in [0.05, 0.1) is 6.61 Å². The molecule has 1 aromatic carbocycles. The molecule has 0 fully saturated rings. The summed E-state index contributed by atoms with van der Waals surface area (Å²) in [5.41, 5.74) is 1.90. The summed E-state index contributed by atoms with van der Waals surface area (Å²) in [6.45, 7) is 6.54. The SMILES string of the molecule is CCOC(=O)/C(=C/CC(C)C)Cc1ccccc1. The molecule has 0 aliphatic carbocycles. The van der Waals surface area contributed by atoms with Crippen LogP contribution in [0.15, 0.2) is 42.0 Å². The number of hydrogen-bond acceptors (Lipinski definition) is 2. The van der Waals surface area contributed by atoms with Gasteiger partial charge in [-0.2, -0.15) is 0 Å². The van der Waals surface area contributed by atoms with E-state index < -0.39 is 0 Å². The van der Waals surface area contributed by atoms with Crippen molar-refractivity contribution < 1.29 is 9.53 Å². The molecule has 0 saturated carbocycles. The highest BCUT2D eigenvalue weighted by molar-refractivity contribution is 5.88. The van der Waals surface area contributed by atoms with E-state index in [-0.39, 0.29) is 5.97 Å². The summed E-state index contributed by atoms with van der Waals surface area (Å²) < 4.78 is 5.10. The standard InChI is InChI=1S/C16H22O2/c1-4-18-16(17)15(11-10-13(2)3)12-14-8-6-5-7-9-14/h5-9,11,13H,4,10,12H2,1-3H3/b15-11+. The van der Waals surface area contributed by atoms with Crippen molar-refractivity contribution in [2.24, 2.45) is 5.92 Å². The molecular formula is C16H22O2. The summed E-state index contributed by atoms with van der Waals surface area (Å²) in [7, 11) is 0. The van der Waals surface area contributed by atoms with Crippen LogP contribution >= 0.6 is 0 Å². The molecule has 0 radical (unpaired) electrons. The molecule has 0 spiro atoms. The van der Waals surface area contributed by atoms with E-state index in [1.165, 1.54) is 0 Å². The average Bonchev–Trinajstić information content (AvgIpc) is 2.35. The Kier molecular flexibility index (Phi) is 6.20. The lowest BCUT2D eigenvalue weighted by atomic mass is 10.0. The van der Waals surface area contributed by atoms with Gasteiger partial charge in [-0.05, 0) is 24.8 Å². The molecule has 0 saturated heterocycles. The molecule has 2 nitrogen and oxygen atoms in total. The summed E-state index contributed by atoms with van der Waals surface area (Å²) in [4.78, 5) is 11.9. The Labute approximate surface area is 110 Å². The Morgan fingerprint density at radius 2 is 1.94 bits per heavy atom. The maximum absolute atomic E-state index is 11.9. The minimum absolute atomic E-state index is 0.193. The molecular weight excluding hydrogens is 224 g/mol. The Morgan fingerprint density at radius 3 is 2.50 bits per heavy atom. The second-order valence-electron chi connectivity index (χ2n) is 4.74. The third kappa shape index (κ3) is 5.17. The van der Waals surface area contributed by atoms with Gasteiger partial charge in [0.25, 0.3) is 0 Å². The third-order valence-corrected chi connectivity index (χ3v) is 2.61. The van der Waals surface area contributed by atoms with Gasteiger partial charge in [0, 0.05) is 12.0 Å². The Morgan fingerprint density at radius 1 is 1.28 bits per heavy atom. The normalized spacial score (nSPS) is 11.7. The first-order valence-corrected chi connectivity index (χ1v) is 6.53. The highest BCUT2D eigenvalue weighted by Gasteiger charge is 2.11. The van der Waals surface area contributed by atoms with E-state index in [1.807, 2.05) is 43.3 Å². The Bertz CT molecular complexity index is 391. The second kappa shape index (κ2) is 7.70. The highest BCUT2D eigenvalue weighted by atomic mass is 16.5. The van der Waals surface area contributed by atoms with Crippen molar-refractivity contribution in [3.63, 3.8) is 0 Å². The van der Waals surface area contributed by atoms with E-state index in [4.69, 9.17) is 4.74 Å². The molecule has 0 bridgehead atoms. The number of esters is 1. The van der Waals surface area contributed by atoms with Gasteiger partial charge < -0.3 is 4.74 Å². The van der Waals surface area contributed by atoms with E-state index in [0.717, 1.165) is 17.6 Å². The number of hydrogen-bond donors (Lipinski definition) is 0. The van der Waals surface area contributed by atoms with Crippen molar-refractivity contribution in [2.75, 3.05) is 6.61 Å². The zero-order valence-electron chi connectivity index (χ0n) is 11.5. The predicted octanol–water partition coefficient (Wildman–Crippen LogP) is 3.76. The molecule has 18 heavy (non-hydrogen) atoms. The maximum Gasteiger partial charge on any atom is 0.334 e. The fourth-order valence-electron chi connectivity index (χ4n) is 1.65.